The molecule has 3 aromatic rings. The first kappa shape index (κ1) is 23.5. The molecule has 0 aliphatic rings. The Morgan fingerprint density at radius 3 is 2.33 bits per heavy atom. The minimum Gasteiger partial charge on any atom is -0.497 e. The first-order chi connectivity index (χ1) is 16.0. The minimum atomic E-state index is -0.482. The third kappa shape index (κ3) is 6.64. The predicted molar refractivity (Wildman–Crippen MR) is 123 cm³/mol. The van der Waals surface area contributed by atoms with Gasteiger partial charge in [0.15, 0.2) is 11.5 Å². The van der Waals surface area contributed by atoms with Gasteiger partial charge in [-0.15, -0.1) is 0 Å². The summed E-state index contributed by atoms with van der Waals surface area (Å²) < 4.78 is 21.5. The fourth-order valence-corrected chi connectivity index (χ4v) is 2.91. The summed E-state index contributed by atoms with van der Waals surface area (Å²) in [6.45, 7) is 2.00. The van der Waals surface area contributed by atoms with Crippen LogP contribution >= 0.6 is 0 Å². The average Bonchev–Trinajstić information content (AvgIpc) is 3.35. The van der Waals surface area contributed by atoms with Crippen LogP contribution in [-0.4, -0.2) is 38.7 Å². The van der Waals surface area contributed by atoms with Crippen LogP contribution in [0.25, 0.3) is 6.08 Å². The summed E-state index contributed by atoms with van der Waals surface area (Å²) in [5, 5.41) is 5.48. The highest BCUT2D eigenvalue weighted by Crippen LogP contribution is 2.25. The van der Waals surface area contributed by atoms with Crippen molar-refractivity contribution in [2.24, 2.45) is 0 Å². The molecule has 3 rings (SSSR count). The number of methoxy groups -OCH3 is 2. The molecular weight excluding hydrogens is 424 g/mol. The highest BCUT2D eigenvalue weighted by atomic mass is 16.5. The molecule has 1 aromatic heterocycles. The average molecular weight is 450 g/mol. The zero-order valence-electron chi connectivity index (χ0n) is 18.7. The highest BCUT2D eigenvalue weighted by Gasteiger charge is 2.18. The molecule has 33 heavy (non-hydrogen) atoms. The molecule has 0 bridgehead atoms. The number of carbonyl (C=O) groups excluding carboxylic acids is 2. The summed E-state index contributed by atoms with van der Waals surface area (Å²) in [7, 11) is 3.10. The normalized spacial score (nSPS) is 11.9. The lowest BCUT2D eigenvalue weighted by Crippen LogP contribution is -2.41. The van der Waals surface area contributed by atoms with Crippen LogP contribution < -0.4 is 24.8 Å². The number of furan rings is 1. The van der Waals surface area contributed by atoms with Crippen LogP contribution in [0.5, 0.6) is 17.2 Å². The van der Waals surface area contributed by atoms with Crippen LogP contribution in [0.4, 0.5) is 0 Å². The summed E-state index contributed by atoms with van der Waals surface area (Å²) in [4.78, 5) is 25.7. The molecule has 1 heterocycles. The Morgan fingerprint density at radius 2 is 1.70 bits per heavy atom. The Bertz CT molecular complexity index is 1090. The molecule has 0 aliphatic carbocycles. The fourth-order valence-electron chi connectivity index (χ4n) is 2.91. The third-order valence-corrected chi connectivity index (χ3v) is 4.61. The van der Waals surface area contributed by atoms with E-state index in [1.165, 1.54) is 12.3 Å². The van der Waals surface area contributed by atoms with Gasteiger partial charge in [-0.3, -0.25) is 9.59 Å². The quantitative estimate of drug-likeness (QED) is 0.458. The van der Waals surface area contributed by atoms with E-state index < -0.39 is 11.8 Å². The van der Waals surface area contributed by atoms with Gasteiger partial charge < -0.3 is 29.3 Å². The molecule has 8 nitrogen and oxygen atoms in total. The number of hydrogen-bond acceptors (Lipinski definition) is 6. The maximum absolute atomic E-state index is 12.9. The van der Waals surface area contributed by atoms with Gasteiger partial charge in [-0.05, 0) is 55.5 Å². The van der Waals surface area contributed by atoms with Gasteiger partial charge in [0, 0.05) is 11.6 Å². The standard InChI is InChI=1S/C25H26N2O6/c1-17(16-33-23-9-5-4-8-22(23)31-3)26-25(29)21(15-20-7-6-14-32-20)27-24(28)18-10-12-19(30-2)13-11-18/h4-15,17H,16H2,1-3H3,(H,26,29)(H,27,28)/b21-15-/t17-/m1/s1. The number of para-hydroxylation sites is 2. The van der Waals surface area contributed by atoms with E-state index in [2.05, 4.69) is 10.6 Å². The molecule has 0 spiro atoms. The highest BCUT2D eigenvalue weighted by molar-refractivity contribution is 6.05. The fraction of sp³-hybridized carbons (Fsp3) is 0.200. The SMILES string of the molecule is COc1ccc(C(=O)N/C(=C\c2ccco2)C(=O)N[C@H](C)COc2ccccc2OC)cc1. The second-order valence-corrected chi connectivity index (χ2v) is 7.09. The molecule has 0 saturated carbocycles. The Labute approximate surface area is 192 Å². The van der Waals surface area contributed by atoms with Gasteiger partial charge in [-0.2, -0.15) is 0 Å². The van der Waals surface area contributed by atoms with E-state index in [9.17, 15) is 9.59 Å². The van der Waals surface area contributed by atoms with Crippen molar-refractivity contribution < 1.29 is 28.2 Å². The van der Waals surface area contributed by atoms with Crippen molar-refractivity contribution in [3.63, 3.8) is 0 Å². The van der Waals surface area contributed by atoms with Crippen LogP contribution in [0.15, 0.2) is 77.0 Å². The van der Waals surface area contributed by atoms with Gasteiger partial charge in [0.25, 0.3) is 11.8 Å². The molecule has 0 aliphatic heterocycles. The van der Waals surface area contributed by atoms with Crippen LogP contribution in [-0.2, 0) is 4.79 Å². The Kier molecular flexibility index (Phi) is 8.13. The number of hydrogen-bond donors (Lipinski definition) is 2. The molecule has 0 saturated heterocycles. The zero-order chi connectivity index (χ0) is 23.6. The van der Waals surface area contributed by atoms with E-state index in [0.29, 0.717) is 28.6 Å². The van der Waals surface area contributed by atoms with Crippen LogP contribution in [0.2, 0.25) is 0 Å². The van der Waals surface area contributed by atoms with Gasteiger partial charge in [0.05, 0.1) is 26.5 Å². The maximum Gasteiger partial charge on any atom is 0.268 e. The number of amides is 2. The van der Waals surface area contributed by atoms with Gasteiger partial charge in [0.1, 0.15) is 23.8 Å². The second-order valence-electron chi connectivity index (χ2n) is 7.09. The van der Waals surface area contributed by atoms with Gasteiger partial charge in [-0.25, -0.2) is 0 Å². The predicted octanol–water partition coefficient (Wildman–Crippen LogP) is 3.65. The lowest BCUT2D eigenvalue weighted by Gasteiger charge is -2.18. The summed E-state index contributed by atoms with van der Waals surface area (Å²) >= 11 is 0. The smallest absolute Gasteiger partial charge is 0.268 e. The molecule has 8 heteroatoms. The molecular formula is C25H26N2O6. The van der Waals surface area contributed by atoms with E-state index in [1.807, 2.05) is 12.1 Å². The summed E-state index contributed by atoms with van der Waals surface area (Å²) in [5.74, 6) is 1.29. The lowest BCUT2D eigenvalue weighted by atomic mass is 10.2. The van der Waals surface area contributed by atoms with Crippen LogP contribution in [0, 0.1) is 0 Å². The Morgan fingerprint density at radius 1 is 0.970 bits per heavy atom. The minimum absolute atomic E-state index is 0.0370. The first-order valence-corrected chi connectivity index (χ1v) is 10.3. The van der Waals surface area contributed by atoms with Crippen molar-refractivity contribution in [1.82, 2.24) is 10.6 Å². The van der Waals surface area contributed by atoms with Gasteiger partial charge >= 0.3 is 0 Å². The molecule has 2 N–H and O–H groups in total. The van der Waals surface area contributed by atoms with Crippen molar-refractivity contribution in [2.75, 3.05) is 20.8 Å². The summed E-state index contributed by atoms with van der Waals surface area (Å²) in [5.41, 5.74) is 0.413. The van der Waals surface area contributed by atoms with E-state index in [-0.39, 0.29) is 18.3 Å². The summed E-state index contributed by atoms with van der Waals surface area (Å²) in [6, 6.07) is 16.8. The Hall–Kier alpha value is -4.20. The van der Waals surface area contributed by atoms with E-state index >= 15 is 0 Å². The molecule has 2 aromatic carbocycles. The monoisotopic (exact) mass is 450 g/mol. The van der Waals surface area contributed by atoms with Crippen molar-refractivity contribution in [3.8, 4) is 17.2 Å². The van der Waals surface area contributed by atoms with Crippen molar-refractivity contribution in [2.45, 2.75) is 13.0 Å². The molecule has 1 atom stereocenters. The van der Waals surface area contributed by atoms with Crippen molar-refractivity contribution in [3.05, 3.63) is 83.9 Å². The Balaban J connectivity index is 1.68. The number of carbonyl (C=O) groups is 2. The largest absolute Gasteiger partial charge is 0.497 e. The number of ether oxygens (including phenoxy) is 3. The first-order valence-electron chi connectivity index (χ1n) is 10.3. The van der Waals surface area contributed by atoms with Gasteiger partial charge in [-0.1, -0.05) is 12.1 Å². The maximum atomic E-state index is 12.9. The van der Waals surface area contributed by atoms with Crippen LogP contribution in [0.3, 0.4) is 0 Å². The topological polar surface area (TPSA) is 99.0 Å². The molecule has 2 amide bonds. The lowest BCUT2D eigenvalue weighted by molar-refractivity contribution is -0.118. The molecule has 0 radical (unpaired) electrons. The zero-order valence-corrected chi connectivity index (χ0v) is 18.7. The number of rotatable bonds is 10. The number of nitrogens with one attached hydrogen (secondary N) is 2. The second kappa shape index (κ2) is 11.4. The summed E-state index contributed by atoms with van der Waals surface area (Å²) in [6.07, 6.45) is 2.95. The van der Waals surface area contributed by atoms with Crippen LogP contribution in [0.1, 0.15) is 23.0 Å². The molecule has 0 fully saturated rings. The van der Waals surface area contributed by atoms with E-state index in [4.69, 9.17) is 18.6 Å². The van der Waals surface area contributed by atoms with E-state index in [0.717, 1.165) is 0 Å². The van der Waals surface area contributed by atoms with E-state index in [1.54, 1.807) is 69.7 Å². The van der Waals surface area contributed by atoms with Gasteiger partial charge in [0.2, 0.25) is 0 Å². The number of benzene rings is 2. The van der Waals surface area contributed by atoms with Crippen molar-refractivity contribution >= 4 is 17.9 Å². The van der Waals surface area contributed by atoms with Crippen molar-refractivity contribution in [1.29, 1.82) is 0 Å². The third-order valence-electron chi connectivity index (χ3n) is 4.61. The molecule has 0 unspecified atom stereocenters. The molecule has 172 valence electrons.